The van der Waals surface area contributed by atoms with Gasteiger partial charge in [0.05, 0.1) is 0 Å². The highest BCUT2D eigenvalue weighted by Crippen LogP contribution is 2.32. The Morgan fingerprint density at radius 3 is 2.74 bits per heavy atom. The van der Waals surface area contributed by atoms with Crippen LogP contribution in [0.25, 0.3) is 0 Å². The van der Waals surface area contributed by atoms with Crippen LogP contribution in [0.4, 0.5) is 0 Å². The van der Waals surface area contributed by atoms with Crippen molar-refractivity contribution in [2.75, 3.05) is 19.9 Å². The molecule has 3 N–H and O–H groups in total. The smallest absolute Gasteiger partial charge is 0.454 e. The zero-order chi connectivity index (χ0) is 13.2. The third-order valence-corrected chi connectivity index (χ3v) is 3.89. The van der Waals surface area contributed by atoms with Crippen molar-refractivity contribution in [3.05, 3.63) is 17.7 Å². The fourth-order valence-corrected chi connectivity index (χ4v) is 2.89. The maximum atomic E-state index is 9.61. The summed E-state index contributed by atoms with van der Waals surface area (Å²) < 4.78 is 10.6. The van der Waals surface area contributed by atoms with E-state index in [0.717, 1.165) is 37.9 Å². The molecule has 0 radical (unpaired) electrons. The first-order chi connectivity index (χ1) is 9.25. The fraction of sp³-hybridized carbons (Fsp3) is 0.538. The quantitative estimate of drug-likeness (QED) is 0.649. The molecule has 2 aliphatic rings. The van der Waals surface area contributed by atoms with Crippen LogP contribution in [0.1, 0.15) is 18.4 Å². The van der Waals surface area contributed by atoms with Crippen molar-refractivity contribution in [2.24, 2.45) is 5.92 Å². The number of fused-ring (bicyclic) bond motifs is 1. The summed E-state index contributed by atoms with van der Waals surface area (Å²) >= 11 is 0. The molecule has 0 bridgehead atoms. The second-order valence-corrected chi connectivity index (χ2v) is 5.14. The molecule has 0 amide bonds. The van der Waals surface area contributed by atoms with Gasteiger partial charge in [0.15, 0.2) is 11.5 Å². The fourth-order valence-electron chi connectivity index (χ4n) is 2.89. The Hall–Kier alpha value is -1.24. The summed E-state index contributed by atoms with van der Waals surface area (Å²) in [6.07, 6.45) is 3.09. The maximum absolute atomic E-state index is 9.61. The van der Waals surface area contributed by atoms with E-state index in [2.05, 4.69) is 5.32 Å². The molecule has 0 spiro atoms. The molecule has 0 aliphatic carbocycles. The molecule has 0 unspecified atom stereocenters. The Morgan fingerprint density at radius 1 is 1.21 bits per heavy atom. The molecule has 0 saturated carbocycles. The SMILES string of the molecule is OB(O)c1c(CC2CCNCC2)ccc2c1OCO2. The molecular formula is C13H18BNO4. The summed E-state index contributed by atoms with van der Waals surface area (Å²) in [7, 11) is -1.52. The highest BCUT2D eigenvalue weighted by Gasteiger charge is 2.29. The van der Waals surface area contributed by atoms with Crippen LogP contribution >= 0.6 is 0 Å². The minimum Gasteiger partial charge on any atom is -0.454 e. The molecule has 1 fully saturated rings. The van der Waals surface area contributed by atoms with Crippen LogP contribution in [0.5, 0.6) is 11.5 Å². The van der Waals surface area contributed by atoms with E-state index < -0.39 is 7.12 Å². The average molecular weight is 263 g/mol. The Kier molecular flexibility index (Phi) is 3.64. The summed E-state index contributed by atoms with van der Waals surface area (Å²) in [5, 5.41) is 22.5. The van der Waals surface area contributed by atoms with Gasteiger partial charge in [0, 0.05) is 5.46 Å². The molecule has 0 aromatic heterocycles. The number of benzene rings is 1. The van der Waals surface area contributed by atoms with Crippen LogP contribution in [0.15, 0.2) is 12.1 Å². The van der Waals surface area contributed by atoms with Crippen molar-refractivity contribution in [3.8, 4) is 11.5 Å². The Bertz CT molecular complexity index is 460. The van der Waals surface area contributed by atoms with Crippen LogP contribution < -0.4 is 20.3 Å². The Balaban J connectivity index is 1.87. The van der Waals surface area contributed by atoms with Crippen molar-refractivity contribution in [2.45, 2.75) is 19.3 Å². The second kappa shape index (κ2) is 5.40. The molecule has 19 heavy (non-hydrogen) atoms. The molecular weight excluding hydrogens is 245 g/mol. The topological polar surface area (TPSA) is 71.0 Å². The van der Waals surface area contributed by atoms with Gasteiger partial charge in [0.25, 0.3) is 0 Å². The standard InChI is InChI=1S/C13H18BNO4/c16-14(17)12-10(7-9-3-5-15-6-4-9)1-2-11-13(12)19-8-18-11/h1-2,9,15-17H,3-8H2. The summed E-state index contributed by atoms with van der Waals surface area (Å²) in [5.74, 6) is 1.66. The minimum atomic E-state index is -1.52. The maximum Gasteiger partial charge on any atom is 0.492 e. The molecule has 0 atom stereocenters. The number of rotatable bonds is 3. The number of nitrogens with one attached hydrogen (secondary N) is 1. The van der Waals surface area contributed by atoms with Crippen LogP contribution in [0, 0.1) is 5.92 Å². The largest absolute Gasteiger partial charge is 0.492 e. The first-order valence-corrected chi connectivity index (χ1v) is 6.74. The summed E-state index contributed by atoms with van der Waals surface area (Å²) in [6.45, 7) is 2.21. The zero-order valence-electron chi connectivity index (χ0n) is 10.8. The minimum absolute atomic E-state index is 0.145. The molecule has 1 saturated heterocycles. The molecule has 102 valence electrons. The number of piperidine rings is 1. The van der Waals surface area contributed by atoms with Gasteiger partial charge in [-0.05, 0) is 49.9 Å². The molecule has 2 heterocycles. The highest BCUT2D eigenvalue weighted by atomic mass is 16.7. The monoisotopic (exact) mass is 263 g/mol. The van der Waals surface area contributed by atoms with Crippen molar-refractivity contribution < 1.29 is 19.5 Å². The van der Waals surface area contributed by atoms with E-state index in [4.69, 9.17) is 9.47 Å². The van der Waals surface area contributed by atoms with Crippen LogP contribution in [0.2, 0.25) is 0 Å². The molecule has 1 aromatic rings. The van der Waals surface area contributed by atoms with Gasteiger partial charge < -0.3 is 24.8 Å². The van der Waals surface area contributed by atoms with Gasteiger partial charge in [0.2, 0.25) is 6.79 Å². The van der Waals surface area contributed by atoms with Gasteiger partial charge in [-0.15, -0.1) is 0 Å². The van der Waals surface area contributed by atoms with Crippen molar-refractivity contribution in [3.63, 3.8) is 0 Å². The Labute approximate surface area is 112 Å². The number of ether oxygens (including phenoxy) is 2. The average Bonchev–Trinajstić information content (AvgIpc) is 2.87. The lowest BCUT2D eigenvalue weighted by atomic mass is 9.73. The van der Waals surface area contributed by atoms with Gasteiger partial charge in [0.1, 0.15) is 0 Å². The number of hydrogen-bond donors (Lipinski definition) is 3. The normalized spacial score (nSPS) is 18.6. The summed E-state index contributed by atoms with van der Waals surface area (Å²) in [6, 6.07) is 3.77. The zero-order valence-corrected chi connectivity index (χ0v) is 10.8. The van der Waals surface area contributed by atoms with Crippen LogP contribution in [0.3, 0.4) is 0 Å². The van der Waals surface area contributed by atoms with Crippen LogP contribution in [-0.2, 0) is 6.42 Å². The van der Waals surface area contributed by atoms with Gasteiger partial charge >= 0.3 is 7.12 Å². The van der Waals surface area contributed by atoms with Gasteiger partial charge in [-0.2, -0.15) is 0 Å². The van der Waals surface area contributed by atoms with E-state index >= 15 is 0 Å². The van der Waals surface area contributed by atoms with Gasteiger partial charge in [-0.1, -0.05) is 6.07 Å². The lowest BCUT2D eigenvalue weighted by Gasteiger charge is -2.24. The van der Waals surface area contributed by atoms with E-state index in [1.54, 1.807) is 0 Å². The van der Waals surface area contributed by atoms with E-state index in [9.17, 15) is 10.0 Å². The molecule has 2 aliphatic heterocycles. The van der Waals surface area contributed by atoms with Crippen LogP contribution in [-0.4, -0.2) is 37.0 Å². The van der Waals surface area contributed by atoms with E-state index in [1.165, 1.54) is 0 Å². The Morgan fingerprint density at radius 2 is 2.00 bits per heavy atom. The molecule has 6 heteroatoms. The van der Waals surface area contributed by atoms with E-state index in [-0.39, 0.29) is 6.79 Å². The van der Waals surface area contributed by atoms with Crippen molar-refractivity contribution in [1.29, 1.82) is 0 Å². The summed E-state index contributed by atoms with van der Waals surface area (Å²) in [5.41, 5.74) is 1.42. The lowest BCUT2D eigenvalue weighted by Crippen LogP contribution is -2.36. The number of hydrogen-bond acceptors (Lipinski definition) is 5. The molecule has 3 rings (SSSR count). The van der Waals surface area contributed by atoms with Crippen molar-refractivity contribution in [1.82, 2.24) is 5.32 Å². The first kappa shape index (κ1) is 12.8. The predicted octanol–water partition coefficient (Wildman–Crippen LogP) is -0.363. The second-order valence-electron chi connectivity index (χ2n) is 5.14. The van der Waals surface area contributed by atoms with E-state index in [0.29, 0.717) is 22.9 Å². The predicted molar refractivity (Wildman–Crippen MR) is 71.7 cm³/mol. The van der Waals surface area contributed by atoms with Crippen molar-refractivity contribution >= 4 is 12.6 Å². The van der Waals surface area contributed by atoms with Gasteiger partial charge in [-0.25, -0.2) is 0 Å². The third-order valence-electron chi connectivity index (χ3n) is 3.89. The highest BCUT2D eigenvalue weighted by molar-refractivity contribution is 6.60. The third kappa shape index (κ3) is 2.56. The summed E-state index contributed by atoms with van der Waals surface area (Å²) in [4.78, 5) is 0. The van der Waals surface area contributed by atoms with E-state index in [1.807, 2.05) is 12.1 Å². The first-order valence-electron chi connectivity index (χ1n) is 6.74. The van der Waals surface area contributed by atoms with Gasteiger partial charge in [-0.3, -0.25) is 0 Å². The molecule has 5 nitrogen and oxygen atoms in total. The molecule has 1 aromatic carbocycles. The lowest BCUT2D eigenvalue weighted by molar-refractivity contribution is 0.174.